The number of esters is 1. The molecular formula is C19H22N4O2S. The van der Waals surface area contributed by atoms with Crippen molar-refractivity contribution in [1.82, 2.24) is 19.6 Å². The van der Waals surface area contributed by atoms with Crippen molar-refractivity contribution in [2.45, 2.75) is 45.2 Å². The van der Waals surface area contributed by atoms with Crippen LogP contribution in [0.2, 0.25) is 0 Å². The molecule has 7 heteroatoms. The van der Waals surface area contributed by atoms with Crippen molar-refractivity contribution in [3.8, 4) is 5.75 Å². The summed E-state index contributed by atoms with van der Waals surface area (Å²) in [6.07, 6.45) is 2.06. The Morgan fingerprint density at radius 1 is 1.27 bits per heavy atom. The van der Waals surface area contributed by atoms with Crippen LogP contribution < -0.4 is 4.74 Å². The molecule has 1 aromatic carbocycles. The molecule has 0 spiro atoms. The smallest absolute Gasteiger partial charge is 0.315 e. The maximum absolute atomic E-state index is 12.5. The first-order valence-electron chi connectivity index (χ1n) is 8.46. The van der Waals surface area contributed by atoms with Gasteiger partial charge < -0.3 is 4.74 Å². The van der Waals surface area contributed by atoms with Crippen molar-refractivity contribution < 1.29 is 9.53 Å². The quantitative estimate of drug-likeness (QED) is 0.387. The molecule has 3 rings (SSSR count). The number of rotatable bonds is 5. The summed E-state index contributed by atoms with van der Waals surface area (Å²) in [6.45, 7) is 8.01. The Hall–Kier alpha value is -2.41. The minimum atomic E-state index is -0.316. The summed E-state index contributed by atoms with van der Waals surface area (Å²) in [7, 11) is 0. The summed E-state index contributed by atoms with van der Waals surface area (Å²) >= 11 is 1.46. The van der Waals surface area contributed by atoms with Crippen LogP contribution in [0.15, 0.2) is 29.4 Å². The fourth-order valence-electron chi connectivity index (χ4n) is 2.78. The Morgan fingerprint density at radius 2 is 2.04 bits per heavy atom. The molecule has 2 heterocycles. The molecular weight excluding hydrogens is 348 g/mol. The zero-order valence-corrected chi connectivity index (χ0v) is 16.4. The topological polar surface area (TPSA) is 69.4 Å². The van der Waals surface area contributed by atoms with Crippen LogP contribution in [0, 0.1) is 13.8 Å². The van der Waals surface area contributed by atoms with Gasteiger partial charge in [-0.1, -0.05) is 37.7 Å². The Kier molecular flexibility index (Phi) is 5.27. The standard InChI is InChI=1S/C19H22N4O2S/c1-11(2)14-7-6-8-15(9-14)25-17(24)10-16-12(3)20-18-21-19(26-5)22-23(18)13(16)4/h6-9,11H,10H2,1-5H3. The molecule has 0 unspecified atom stereocenters. The molecule has 0 aliphatic carbocycles. The maximum atomic E-state index is 12.5. The minimum Gasteiger partial charge on any atom is -0.426 e. The normalized spacial score (nSPS) is 11.3. The van der Waals surface area contributed by atoms with Gasteiger partial charge in [-0.2, -0.15) is 4.98 Å². The molecule has 136 valence electrons. The largest absolute Gasteiger partial charge is 0.426 e. The van der Waals surface area contributed by atoms with Gasteiger partial charge in [-0.3, -0.25) is 4.79 Å². The molecule has 0 saturated carbocycles. The van der Waals surface area contributed by atoms with Crippen LogP contribution in [0.5, 0.6) is 5.75 Å². The van der Waals surface area contributed by atoms with E-state index in [1.54, 1.807) is 10.6 Å². The third-order valence-electron chi connectivity index (χ3n) is 4.29. The predicted octanol–water partition coefficient (Wildman–Crippen LogP) is 3.73. The zero-order valence-electron chi connectivity index (χ0n) is 15.6. The Balaban J connectivity index is 1.84. The van der Waals surface area contributed by atoms with Crippen LogP contribution >= 0.6 is 11.8 Å². The molecule has 6 nitrogen and oxygen atoms in total. The Labute approximate surface area is 157 Å². The van der Waals surface area contributed by atoms with Gasteiger partial charge in [-0.25, -0.2) is 9.50 Å². The second-order valence-electron chi connectivity index (χ2n) is 6.45. The van der Waals surface area contributed by atoms with Crippen LogP contribution in [-0.4, -0.2) is 31.8 Å². The molecule has 0 saturated heterocycles. The first-order valence-corrected chi connectivity index (χ1v) is 9.69. The number of nitrogens with zero attached hydrogens (tertiary/aromatic N) is 4. The lowest BCUT2D eigenvalue weighted by Crippen LogP contribution is -2.15. The molecule has 26 heavy (non-hydrogen) atoms. The van der Waals surface area contributed by atoms with E-state index in [4.69, 9.17) is 4.74 Å². The average Bonchev–Trinajstić information content (AvgIpc) is 3.02. The lowest BCUT2D eigenvalue weighted by Gasteiger charge is -2.11. The number of benzene rings is 1. The minimum absolute atomic E-state index is 0.140. The summed E-state index contributed by atoms with van der Waals surface area (Å²) in [4.78, 5) is 21.3. The third-order valence-corrected chi connectivity index (χ3v) is 4.83. The summed E-state index contributed by atoms with van der Waals surface area (Å²) < 4.78 is 7.22. The van der Waals surface area contributed by atoms with Gasteiger partial charge in [0.05, 0.1) is 6.42 Å². The fraction of sp³-hybridized carbons (Fsp3) is 0.368. The molecule has 0 aliphatic heterocycles. The number of fused-ring (bicyclic) bond motifs is 1. The molecule has 0 amide bonds. The highest BCUT2D eigenvalue weighted by molar-refractivity contribution is 7.98. The van der Waals surface area contributed by atoms with Gasteiger partial charge in [-0.05, 0) is 43.7 Å². The second kappa shape index (κ2) is 7.45. The SMILES string of the molecule is CSc1nc2nc(C)c(CC(=O)Oc3cccc(C(C)C)c3)c(C)n2n1. The lowest BCUT2D eigenvalue weighted by molar-refractivity contribution is -0.133. The molecule has 0 radical (unpaired) electrons. The van der Waals surface area contributed by atoms with Crippen molar-refractivity contribution in [3.05, 3.63) is 46.8 Å². The first kappa shape index (κ1) is 18.4. The summed E-state index contributed by atoms with van der Waals surface area (Å²) in [5, 5.41) is 5.07. The molecule has 0 aliphatic rings. The number of carbonyl (C=O) groups is 1. The second-order valence-corrected chi connectivity index (χ2v) is 7.22. The van der Waals surface area contributed by atoms with Gasteiger partial charge in [-0.15, -0.1) is 5.10 Å². The first-order chi connectivity index (χ1) is 12.4. The van der Waals surface area contributed by atoms with Crippen molar-refractivity contribution in [2.75, 3.05) is 6.26 Å². The number of aromatic nitrogens is 4. The van der Waals surface area contributed by atoms with Crippen LogP contribution in [-0.2, 0) is 11.2 Å². The van der Waals surface area contributed by atoms with E-state index in [9.17, 15) is 4.79 Å². The van der Waals surface area contributed by atoms with E-state index in [1.807, 2.05) is 38.3 Å². The van der Waals surface area contributed by atoms with E-state index in [0.29, 0.717) is 22.6 Å². The average molecular weight is 370 g/mol. The van der Waals surface area contributed by atoms with Crippen molar-refractivity contribution in [2.24, 2.45) is 0 Å². The predicted molar refractivity (Wildman–Crippen MR) is 102 cm³/mol. The molecule has 0 fully saturated rings. The Bertz CT molecular complexity index is 966. The highest BCUT2D eigenvalue weighted by atomic mass is 32.2. The molecule has 2 aromatic heterocycles. The van der Waals surface area contributed by atoms with Crippen molar-refractivity contribution in [1.29, 1.82) is 0 Å². The maximum Gasteiger partial charge on any atom is 0.315 e. The molecule has 0 atom stereocenters. The van der Waals surface area contributed by atoms with Crippen molar-refractivity contribution >= 4 is 23.5 Å². The van der Waals surface area contributed by atoms with Gasteiger partial charge in [0.25, 0.3) is 5.78 Å². The van der Waals surface area contributed by atoms with Crippen LogP contribution in [0.3, 0.4) is 0 Å². The monoisotopic (exact) mass is 370 g/mol. The van der Waals surface area contributed by atoms with Crippen LogP contribution in [0.1, 0.15) is 42.3 Å². The van der Waals surface area contributed by atoms with Gasteiger partial charge in [0.1, 0.15) is 5.75 Å². The fourth-order valence-corrected chi connectivity index (χ4v) is 3.12. The highest BCUT2D eigenvalue weighted by Crippen LogP contribution is 2.22. The zero-order chi connectivity index (χ0) is 18.8. The van der Waals surface area contributed by atoms with Crippen LogP contribution in [0.4, 0.5) is 0 Å². The van der Waals surface area contributed by atoms with Gasteiger partial charge >= 0.3 is 5.97 Å². The van der Waals surface area contributed by atoms with Crippen molar-refractivity contribution in [3.63, 3.8) is 0 Å². The van der Waals surface area contributed by atoms with Gasteiger partial charge in [0.2, 0.25) is 5.16 Å². The lowest BCUT2D eigenvalue weighted by atomic mass is 10.0. The van der Waals surface area contributed by atoms with E-state index >= 15 is 0 Å². The van der Waals surface area contributed by atoms with E-state index in [2.05, 4.69) is 28.9 Å². The number of hydrogen-bond donors (Lipinski definition) is 0. The van der Waals surface area contributed by atoms with E-state index < -0.39 is 0 Å². The Morgan fingerprint density at radius 3 is 2.73 bits per heavy atom. The van der Waals surface area contributed by atoms with E-state index in [1.165, 1.54) is 11.8 Å². The molecule has 3 aromatic rings. The summed E-state index contributed by atoms with van der Waals surface area (Å²) in [5.74, 6) is 1.17. The molecule has 0 N–H and O–H groups in total. The van der Waals surface area contributed by atoms with Gasteiger partial charge in [0, 0.05) is 17.0 Å². The van der Waals surface area contributed by atoms with E-state index in [-0.39, 0.29) is 12.4 Å². The number of aryl methyl sites for hydroxylation is 2. The third kappa shape index (κ3) is 3.72. The number of carbonyl (C=O) groups excluding carboxylic acids is 1. The van der Waals surface area contributed by atoms with E-state index in [0.717, 1.165) is 22.5 Å². The van der Waals surface area contributed by atoms with Gasteiger partial charge in [0.15, 0.2) is 0 Å². The highest BCUT2D eigenvalue weighted by Gasteiger charge is 2.17. The summed E-state index contributed by atoms with van der Waals surface area (Å²) in [5.41, 5.74) is 3.58. The number of hydrogen-bond acceptors (Lipinski definition) is 6. The number of thioether (sulfide) groups is 1. The van der Waals surface area contributed by atoms with Crippen LogP contribution in [0.25, 0.3) is 5.78 Å². The summed E-state index contributed by atoms with van der Waals surface area (Å²) in [6, 6.07) is 7.64. The number of ether oxygens (including phenoxy) is 1. The molecule has 0 bridgehead atoms.